The van der Waals surface area contributed by atoms with Crippen LogP contribution in [0.15, 0.2) is 18.2 Å². The Labute approximate surface area is 78.7 Å². The number of hydrogen-bond donors (Lipinski definition) is 1. The van der Waals surface area contributed by atoms with Gasteiger partial charge in [0.05, 0.1) is 19.3 Å². The van der Waals surface area contributed by atoms with E-state index in [1.54, 1.807) is 0 Å². The standard InChI is InChI=1S/C11H15NO/c1-2-8-3-4-9-6-13-7-11(12)10(9)5-8/h3-5,11H,2,6-7,12H2,1H3. The van der Waals surface area contributed by atoms with Crippen molar-refractivity contribution in [1.29, 1.82) is 0 Å². The summed E-state index contributed by atoms with van der Waals surface area (Å²) in [6.45, 7) is 3.53. The van der Waals surface area contributed by atoms with E-state index in [0.29, 0.717) is 13.2 Å². The van der Waals surface area contributed by atoms with Gasteiger partial charge in [-0.3, -0.25) is 0 Å². The number of nitrogens with two attached hydrogens (primary N) is 1. The van der Waals surface area contributed by atoms with E-state index in [0.717, 1.165) is 6.42 Å². The molecule has 0 amide bonds. The van der Waals surface area contributed by atoms with Crippen molar-refractivity contribution in [3.63, 3.8) is 0 Å². The molecule has 0 aromatic heterocycles. The summed E-state index contributed by atoms with van der Waals surface area (Å²) in [7, 11) is 0. The lowest BCUT2D eigenvalue weighted by Gasteiger charge is -2.23. The van der Waals surface area contributed by atoms with Gasteiger partial charge in [0.25, 0.3) is 0 Å². The zero-order chi connectivity index (χ0) is 9.26. The molecule has 1 atom stereocenters. The van der Waals surface area contributed by atoms with Gasteiger partial charge in [-0.25, -0.2) is 0 Å². The smallest absolute Gasteiger partial charge is 0.0721 e. The quantitative estimate of drug-likeness (QED) is 0.709. The molecule has 0 radical (unpaired) electrons. The molecule has 0 bridgehead atoms. The average Bonchev–Trinajstić information content (AvgIpc) is 2.18. The van der Waals surface area contributed by atoms with E-state index in [-0.39, 0.29) is 6.04 Å². The Balaban J connectivity index is 2.41. The predicted molar refractivity (Wildman–Crippen MR) is 52.4 cm³/mol. The maximum absolute atomic E-state index is 5.94. The first-order valence-electron chi connectivity index (χ1n) is 4.76. The van der Waals surface area contributed by atoms with Gasteiger partial charge in [-0.1, -0.05) is 25.1 Å². The fraction of sp³-hybridized carbons (Fsp3) is 0.455. The highest BCUT2D eigenvalue weighted by molar-refractivity contribution is 5.35. The molecule has 1 aliphatic heterocycles. The number of ether oxygens (including phenoxy) is 1. The minimum Gasteiger partial charge on any atom is -0.375 e. The summed E-state index contributed by atoms with van der Waals surface area (Å²) in [5.74, 6) is 0. The van der Waals surface area contributed by atoms with Crippen molar-refractivity contribution < 1.29 is 4.74 Å². The van der Waals surface area contributed by atoms with Crippen LogP contribution in [0.5, 0.6) is 0 Å². The molecular weight excluding hydrogens is 162 g/mol. The minimum absolute atomic E-state index is 0.0650. The molecule has 1 aromatic rings. The zero-order valence-electron chi connectivity index (χ0n) is 7.92. The van der Waals surface area contributed by atoms with Gasteiger partial charge in [-0.05, 0) is 23.1 Å². The van der Waals surface area contributed by atoms with Crippen LogP contribution in [0.3, 0.4) is 0 Å². The molecule has 0 saturated heterocycles. The van der Waals surface area contributed by atoms with Crippen LogP contribution in [0.4, 0.5) is 0 Å². The van der Waals surface area contributed by atoms with Crippen LogP contribution in [0.2, 0.25) is 0 Å². The van der Waals surface area contributed by atoms with E-state index in [1.807, 2.05) is 0 Å². The molecule has 1 aromatic carbocycles. The first-order chi connectivity index (χ1) is 6.31. The van der Waals surface area contributed by atoms with Gasteiger partial charge in [-0.2, -0.15) is 0 Å². The second-order valence-electron chi connectivity index (χ2n) is 3.51. The van der Waals surface area contributed by atoms with Crippen LogP contribution in [0.25, 0.3) is 0 Å². The molecule has 1 aliphatic rings. The lowest BCUT2D eigenvalue weighted by atomic mass is 9.96. The Bertz CT molecular complexity index is 309. The summed E-state index contributed by atoms with van der Waals surface area (Å²) in [6, 6.07) is 6.56. The Morgan fingerprint density at radius 3 is 3.15 bits per heavy atom. The number of rotatable bonds is 1. The van der Waals surface area contributed by atoms with Crippen LogP contribution in [0, 0.1) is 0 Å². The Morgan fingerprint density at radius 1 is 1.54 bits per heavy atom. The molecule has 0 fully saturated rings. The predicted octanol–water partition coefficient (Wildman–Crippen LogP) is 1.78. The highest BCUT2D eigenvalue weighted by atomic mass is 16.5. The van der Waals surface area contributed by atoms with Crippen molar-refractivity contribution in [2.45, 2.75) is 26.0 Å². The molecule has 2 N–H and O–H groups in total. The van der Waals surface area contributed by atoms with Crippen LogP contribution in [-0.4, -0.2) is 6.61 Å². The van der Waals surface area contributed by atoms with E-state index in [4.69, 9.17) is 10.5 Å². The second kappa shape index (κ2) is 3.48. The van der Waals surface area contributed by atoms with Gasteiger partial charge >= 0.3 is 0 Å². The maximum Gasteiger partial charge on any atom is 0.0721 e. The molecule has 1 heterocycles. The largest absolute Gasteiger partial charge is 0.375 e. The topological polar surface area (TPSA) is 35.2 Å². The van der Waals surface area contributed by atoms with Gasteiger partial charge in [-0.15, -0.1) is 0 Å². The van der Waals surface area contributed by atoms with Gasteiger partial charge in [0.15, 0.2) is 0 Å². The molecule has 2 rings (SSSR count). The van der Waals surface area contributed by atoms with E-state index in [1.165, 1.54) is 16.7 Å². The average molecular weight is 177 g/mol. The van der Waals surface area contributed by atoms with Gasteiger partial charge in [0, 0.05) is 0 Å². The molecule has 2 heteroatoms. The van der Waals surface area contributed by atoms with Crippen molar-refractivity contribution in [3.8, 4) is 0 Å². The number of fused-ring (bicyclic) bond motifs is 1. The molecule has 2 nitrogen and oxygen atoms in total. The second-order valence-corrected chi connectivity index (χ2v) is 3.51. The molecular formula is C11H15NO. The van der Waals surface area contributed by atoms with Crippen LogP contribution in [0.1, 0.15) is 29.7 Å². The summed E-state index contributed by atoms with van der Waals surface area (Å²) >= 11 is 0. The fourth-order valence-electron chi connectivity index (χ4n) is 1.73. The Morgan fingerprint density at radius 2 is 2.38 bits per heavy atom. The van der Waals surface area contributed by atoms with E-state index in [2.05, 4.69) is 25.1 Å². The molecule has 13 heavy (non-hydrogen) atoms. The summed E-state index contributed by atoms with van der Waals surface area (Å²) in [6.07, 6.45) is 1.07. The summed E-state index contributed by atoms with van der Waals surface area (Å²) < 4.78 is 5.36. The number of benzene rings is 1. The Hall–Kier alpha value is -0.860. The number of aryl methyl sites for hydroxylation is 1. The van der Waals surface area contributed by atoms with Crippen molar-refractivity contribution in [2.75, 3.05) is 6.61 Å². The lowest BCUT2D eigenvalue weighted by molar-refractivity contribution is 0.0923. The summed E-state index contributed by atoms with van der Waals surface area (Å²) in [4.78, 5) is 0. The molecule has 70 valence electrons. The summed E-state index contributed by atoms with van der Waals surface area (Å²) in [5.41, 5.74) is 9.82. The van der Waals surface area contributed by atoms with Crippen LogP contribution in [-0.2, 0) is 17.8 Å². The molecule has 0 spiro atoms. The van der Waals surface area contributed by atoms with Crippen LogP contribution >= 0.6 is 0 Å². The van der Waals surface area contributed by atoms with Crippen molar-refractivity contribution in [1.82, 2.24) is 0 Å². The maximum atomic E-state index is 5.94. The molecule has 0 aliphatic carbocycles. The highest BCUT2D eigenvalue weighted by Gasteiger charge is 2.16. The molecule has 0 saturated carbocycles. The van der Waals surface area contributed by atoms with Crippen molar-refractivity contribution in [2.24, 2.45) is 5.73 Å². The van der Waals surface area contributed by atoms with Gasteiger partial charge in [0.2, 0.25) is 0 Å². The van der Waals surface area contributed by atoms with Gasteiger partial charge in [0.1, 0.15) is 0 Å². The lowest BCUT2D eigenvalue weighted by Crippen LogP contribution is -2.23. The monoisotopic (exact) mass is 177 g/mol. The molecule has 1 unspecified atom stereocenters. The summed E-state index contributed by atoms with van der Waals surface area (Å²) in [5, 5.41) is 0. The normalized spacial score (nSPS) is 21.2. The zero-order valence-corrected chi connectivity index (χ0v) is 7.92. The van der Waals surface area contributed by atoms with Crippen molar-refractivity contribution in [3.05, 3.63) is 34.9 Å². The van der Waals surface area contributed by atoms with E-state index in [9.17, 15) is 0 Å². The fourth-order valence-corrected chi connectivity index (χ4v) is 1.73. The van der Waals surface area contributed by atoms with Crippen LogP contribution < -0.4 is 5.73 Å². The third kappa shape index (κ3) is 1.60. The Kier molecular flexibility index (Phi) is 2.34. The van der Waals surface area contributed by atoms with Gasteiger partial charge < -0.3 is 10.5 Å². The SMILES string of the molecule is CCc1ccc2c(c1)C(N)COC2. The first kappa shape index (κ1) is 8.73. The van der Waals surface area contributed by atoms with E-state index >= 15 is 0 Å². The van der Waals surface area contributed by atoms with Crippen molar-refractivity contribution >= 4 is 0 Å². The van der Waals surface area contributed by atoms with E-state index < -0.39 is 0 Å². The first-order valence-corrected chi connectivity index (χ1v) is 4.76. The highest BCUT2D eigenvalue weighted by Crippen LogP contribution is 2.24. The number of hydrogen-bond acceptors (Lipinski definition) is 2. The third-order valence-electron chi connectivity index (χ3n) is 2.57. The third-order valence-corrected chi connectivity index (χ3v) is 2.57. The minimum atomic E-state index is 0.0650.